The molecule has 0 spiro atoms. The van der Waals surface area contributed by atoms with Crippen molar-refractivity contribution < 1.29 is 0 Å². The summed E-state index contributed by atoms with van der Waals surface area (Å²) in [7, 11) is 0. The first-order valence-electron chi connectivity index (χ1n) is 8.46. The number of aromatic nitrogens is 4. The predicted octanol–water partition coefficient (Wildman–Crippen LogP) is 3.76. The summed E-state index contributed by atoms with van der Waals surface area (Å²) in [5.41, 5.74) is 3.36. The number of hydrogen-bond acceptors (Lipinski definition) is 4. The normalized spacial score (nSPS) is 19.0. The lowest BCUT2D eigenvalue weighted by Crippen LogP contribution is -2.10. The number of benzene rings is 2. The summed E-state index contributed by atoms with van der Waals surface area (Å²) >= 11 is 0. The van der Waals surface area contributed by atoms with Gasteiger partial charge in [-0.2, -0.15) is 14.6 Å². The maximum Gasteiger partial charge on any atom is 0.254 e. The van der Waals surface area contributed by atoms with Crippen molar-refractivity contribution in [1.82, 2.24) is 19.6 Å². The maximum absolute atomic E-state index is 4.62. The summed E-state index contributed by atoms with van der Waals surface area (Å²) in [6.45, 7) is 0. The molecule has 5 nitrogen and oxygen atoms in total. The summed E-state index contributed by atoms with van der Waals surface area (Å²) in [6.07, 6.45) is 2.67. The molecule has 5 rings (SSSR count). The average molecular weight is 327 g/mol. The Bertz CT molecular complexity index is 1010. The molecular weight excluding hydrogens is 310 g/mol. The monoisotopic (exact) mass is 327 g/mol. The van der Waals surface area contributed by atoms with E-state index >= 15 is 0 Å². The van der Waals surface area contributed by atoms with Crippen LogP contribution >= 0.6 is 0 Å². The standard InChI is InChI=1S/C20H17N5/c1-3-7-14(8-4-1)16-11-18(16)23-19-12-17(15-9-5-2-6-10-15)24-20-21-13-22-25(19)20/h1-10,12-13,16,18,23H,11H2/t16-,18-/m1/s1. The number of nitrogens with one attached hydrogen (secondary N) is 1. The smallest absolute Gasteiger partial charge is 0.254 e. The fourth-order valence-electron chi connectivity index (χ4n) is 3.28. The van der Waals surface area contributed by atoms with Gasteiger partial charge in [-0.25, -0.2) is 4.98 Å². The van der Waals surface area contributed by atoms with Gasteiger partial charge in [0, 0.05) is 23.6 Å². The molecule has 0 aliphatic heterocycles. The van der Waals surface area contributed by atoms with Crippen LogP contribution in [0.4, 0.5) is 5.82 Å². The highest BCUT2D eigenvalue weighted by Crippen LogP contribution is 2.42. The van der Waals surface area contributed by atoms with E-state index in [-0.39, 0.29) is 0 Å². The summed E-state index contributed by atoms with van der Waals surface area (Å²) in [6, 6.07) is 23.3. The van der Waals surface area contributed by atoms with Gasteiger partial charge in [-0.3, -0.25) is 0 Å². The van der Waals surface area contributed by atoms with Crippen LogP contribution in [0.1, 0.15) is 17.9 Å². The van der Waals surface area contributed by atoms with Gasteiger partial charge in [-0.05, 0) is 12.0 Å². The van der Waals surface area contributed by atoms with Crippen molar-refractivity contribution in [2.75, 3.05) is 5.32 Å². The summed E-state index contributed by atoms with van der Waals surface area (Å²) in [4.78, 5) is 8.89. The second kappa shape index (κ2) is 5.70. The van der Waals surface area contributed by atoms with Crippen molar-refractivity contribution in [2.45, 2.75) is 18.4 Å². The first kappa shape index (κ1) is 14.2. The van der Waals surface area contributed by atoms with Crippen molar-refractivity contribution in [2.24, 2.45) is 0 Å². The Morgan fingerprint density at radius 3 is 2.52 bits per heavy atom. The molecule has 2 aromatic heterocycles. The first-order chi connectivity index (χ1) is 12.4. The number of fused-ring (bicyclic) bond motifs is 1. The second-order valence-corrected chi connectivity index (χ2v) is 6.37. The lowest BCUT2D eigenvalue weighted by Gasteiger charge is -2.10. The largest absolute Gasteiger partial charge is 0.366 e. The quantitative estimate of drug-likeness (QED) is 0.620. The van der Waals surface area contributed by atoms with Crippen LogP contribution in [0.25, 0.3) is 17.0 Å². The van der Waals surface area contributed by atoms with Crippen LogP contribution in [0.15, 0.2) is 73.1 Å². The molecule has 0 bridgehead atoms. The van der Waals surface area contributed by atoms with Gasteiger partial charge in [0.1, 0.15) is 12.1 Å². The number of rotatable bonds is 4. The highest BCUT2D eigenvalue weighted by Gasteiger charge is 2.38. The first-order valence-corrected chi connectivity index (χ1v) is 8.46. The van der Waals surface area contributed by atoms with E-state index in [4.69, 9.17) is 0 Å². The van der Waals surface area contributed by atoms with Crippen molar-refractivity contribution in [3.05, 3.63) is 78.6 Å². The molecule has 0 unspecified atom stereocenters. The van der Waals surface area contributed by atoms with Gasteiger partial charge in [-0.15, -0.1) is 0 Å². The fourth-order valence-corrected chi connectivity index (χ4v) is 3.28. The van der Waals surface area contributed by atoms with Gasteiger partial charge in [0.2, 0.25) is 0 Å². The third-order valence-corrected chi connectivity index (χ3v) is 4.67. The molecule has 0 amide bonds. The van der Waals surface area contributed by atoms with E-state index in [0.29, 0.717) is 17.7 Å². The number of hydrogen-bond donors (Lipinski definition) is 1. The Labute approximate surface area is 145 Å². The van der Waals surface area contributed by atoms with Crippen molar-refractivity contribution >= 4 is 11.6 Å². The molecule has 1 aliphatic carbocycles. The van der Waals surface area contributed by atoms with Gasteiger partial charge in [0.15, 0.2) is 0 Å². The third kappa shape index (κ3) is 2.63. The van der Waals surface area contributed by atoms with Gasteiger partial charge >= 0.3 is 0 Å². The van der Waals surface area contributed by atoms with E-state index in [1.54, 1.807) is 10.8 Å². The van der Waals surface area contributed by atoms with E-state index in [1.165, 1.54) is 5.56 Å². The van der Waals surface area contributed by atoms with Crippen LogP contribution in [0.2, 0.25) is 0 Å². The van der Waals surface area contributed by atoms with Crippen molar-refractivity contribution in [1.29, 1.82) is 0 Å². The Kier molecular flexibility index (Phi) is 3.23. The molecule has 122 valence electrons. The highest BCUT2D eigenvalue weighted by atomic mass is 15.4. The molecule has 1 fully saturated rings. The second-order valence-electron chi connectivity index (χ2n) is 6.37. The maximum atomic E-state index is 4.62. The molecule has 0 radical (unpaired) electrons. The van der Waals surface area contributed by atoms with Gasteiger partial charge in [0.05, 0.1) is 5.69 Å². The molecule has 2 heterocycles. The van der Waals surface area contributed by atoms with Crippen LogP contribution in [-0.4, -0.2) is 25.6 Å². The van der Waals surface area contributed by atoms with E-state index < -0.39 is 0 Å². The van der Waals surface area contributed by atoms with Crippen LogP contribution in [0.5, 0.6) is 0 Å². The molecule has 5 heteroatoms. The molecule has 2 aromatic carbocycles. The molecule has 0 saturated heterocycles. The SMILES string of the molecule is c1ccc(-c2cc(N[C@@H]3C[C@@H]3c3ccccc3)n3ncnc3n2)cc1. The van der Waals surface area contributed by atoms with Crippen LogP contribution < -0.4 is 5.32 Å². The zero-order chi connectivity index (χ0) is 16.6. The minimum absolute atomic E-state index is 0.417. The third-order valence-electron chi connectivity index (χ3n) is 4.67. The Morgan fingerprint density at radius 1 is 0.960 bits per heavy atom. The van der Waals surface area contributed by atoms with Gasteiger partial charge < -0.3 is 5.32 Å². The van der Waals surface area contributed by atoms with Crippen LogP contribution in [0.3, 0.4) is 0 Å². The molecule has 2 atom stereocenters. The zero-order valence-corrected chi connectivity index (χ0v) is 13.6. The Balaban J connectivity index is 1.48. The molecule has 1 N–H and O–H groups in total. The fraction of sp³-hybridized carbons (Fsp3) is 0.150. The Morgan fingerprint density at radius 2 is 1.72 bits per heavy atom. The summed E-state index contributed by atoms with van der Waals surface area (Å²) in [5.74, 6) is 2.10. The van der Waals surface area contributed by atoms with Crippen LogP contribution in [-0.2, 0) is 0 Å². The summed E-state index contributed by atoms with van der Waals surface area (Å²) in [5, 5.41) is 7.94. The summed E-state index contributed by atoms with van der Waals surface area (Å²) < 4.78 is 1.77. The molecule has 1 saturated carbocycles. The molecule has 4 aromatic rings. The lowest BCUT2D eigenvalue weighted by molar-refractivity contribution is 0.917. The zero-order valence-electron chi connectivity index (χ0n) is 13.6. The van der Waals surface area contributed by atoms with Gasteiger partial charge in [-0.1, -0.05) is 60.7 Å². The predicted molar refractivity (Wildman–Crippen MR) is 97.4 cm³/mol. The lowest BCUT2D eigenvalue weighted by atomic mass is 10.1. The topological polar surface area (TPSA) is 55.1 Å². The van der Waals surface area contributed by atoms with Gasteiger partial charge in [0.25, 0.3) is 5.78 Å². The highest BCUT2D eigenvalue weighted by molar-refractivity contribution is 5.65. The van der Waals surface area contributed by atoms with Crippen molar-refractivity contribution in [3.63, 3.8) is 0 Å². The molecular formula is C20H17N5. The minimum Gasteiger partial charge on any atom is -0.366 e. The van der Waals surface area contributed by atoms with E-state index in [9.17, 15) is 0 Å². The molecule has 1 aliphatic rings. The number of nitrogens with zero attached hydrogens (tertiary/aromatic N) is 4. The minimum atomic E-state index is 0.417. The Hall–Kier alpha value is -3.21. The van der Waals surface area contributed by atoms with Crippen LogP contribution in [0, 0.1) is 0 Å². The van der Waals surface area contributed by atoms with E-state index in [1.807, 2.05) is 18.2 Å². The van der Waals surface area contributed by atoms with E-state index in [0.717, 1.165) is 23.5 Å². The average Bonchev–Trinajstić information content (AvgIpc) is 3.27. The number of anilines is 1. The van der Waals surface area contributed by atoms with Crippen molar-refractivity contribution in [3.8, 4) is 11.3 Å². The van der Waals surface area contributed by atoms with E-state index in [2.05, 4.69) is 68.9 Å². The molecule has 25 heavy (non-hydrogen) atoms.